The molecule has 2 aromatic carbocycles. The molecule has 1 atom stereocenters. The van der Waals surface area contributed by atoms with Crippen LogP contribution in [0.1, 0.15) is 26.3 Å². The van der Waals surface area contributed by atoms with Crippen LogP contribution >= 0.6 is 11.6 Å². The molecule has 0 saturated heterocycles. The van der Waals surface area contributed by atoms with Gasteiger partial charge < -0.3 is 16.0 Å². The summed E-state index contributed by atoms with van der Waals surface area (Å²) in [6.45, 7) is -0.144. The van der Waals surface area contributed by atoms with Crippen LogP contribution in [0.5, 0.6) is 0 Å². The highest BCUT2D eigenvalue weighted by Gasteiger charge is 2.48. The van der Waals surface area contributed by atoms with E-state index in [-0.39, 0.29) is 29.8 Å². The fraction of sp³-hybridized carbons (Fsp3) is 0.250. The maximum Gasteiger partial charge on any atom is 0.253 e. The Kier molecular flexibility index (Phi) is 5.12. The summed E-state index contributed by atoms with van der Waals surface area (Å²) in [5.41, 5.74) is 4.61. The Balaban J connectivity index is 2.08. The highest BCUT2D eigenvalue weighted by molar-refractivity contribution is 6.30. The minimum Gasteiger partial charge on any atom is -0.381 e. The van der Waals surface area contributed by atoms with Crippen molar-refractivity contribution >= 4 is 34.9 Å². The summed E-state index contributed by atoms with van der Waals surface area (Å²) in [4.78, 5) is 39.1. The number of nitrogens with zero attached hydrogens (tertiary/aromatic N) is 1. The predicted molar refractivity (Wildman–Crippen MR) is 104 cm³/mol. The average molecular weight is 404 g/mol. The van der Waals surface area contributed by atoms with Crippen molar-refractivity contribution in [1.29, 1.82) is 0 Å². The Morgan fingerprint density at radius 3 is 2.46 bits per heavy atom. The Labute approximate surface area is 166 Å². The first-order valence-electron chi connectivity index (χ1n) is 8.54. The average Bonchev–Trinajstić information content (AvgIpc) is 2.65. The van der Waals surface area contributed by atoms with Gasteiger partial charge in [0, 0.05) is 36.8 Å². The lowest BCUT2D eigenvalue weighted by molar-refractivity contribution is -0.124. The molecule has 0 radical (unpaired) electrons. The first kappa shape index (κ1) is 19.8. The number of nitrogens with one attached hydrogen (secondary N) is 1. The smallest absolute Gasteiger partial charge is 0.253 e. The zero-order valence-electron chi connectivity index (χ0n) is 15.4. The molecule has 8 heteroatoms. The maximum absolute atomic E-state index is 14.5. The van der Waals surface area contributed by atoms with E-state index < -0.39 is 28.8 Å². The molecule has 2 amide bonds. The number of rotatable bonds is 4. The van der Waals surface area contributed by atoms with Crippen molar-refractivity contribution in [3.63, 3.8) is 0 Å². The molecule has 28 heavy (non-hydrogen) atoms. The van der Waals surface area contributed by atoms with Crippen molar-refractivity contribution in [3.8, 4) is 0 Å². The van der Waals surface area contributed by atoms with E-state index in [1.165, 1.54) is 25.1 Å². The number of halogens is 2. The molecular weight excluding hydrogens is 385 g/mol. The zero-order chi connectivity index (χ0) is 20.6. The van der Waals surface area contributed by atoms with Crippen LogP contribution in [-0.2, 0) is 11.2 Å². The molecule has 0 aromatic heterocycles. The van der Waals surface area contributed by atoms with Crippen LogP contribution in [0.2, 0.25) is 5.02 Å². The molecule has 2 aromatic rings. The van der Waals surface area contributed by atoms with Crippen LogP contribution < -0.4 is 11.1 Å². The summed E-state index contributed by atoms with van der Waals surface area (Å²) >= 11 is 5.89. The number of benzene rings is 2. The van der Waals surface area contributed by atoms with Gasteiger partial charge in [0.1, 0.15) is 11.2 Å². The third kappa shape index (κ3) is 3.33. The number of carbonyl (C=O) groups excluding carboxylic acids is 3. The molecule has 1 aliphatic rings. The molecule has 6 nitrogen and oxygen atoms in total. The standard InChI is InChI=1S/C20H19ClFN3O3/c1-25(2)18(27)12-7-14-16(15(22)8-12)24-10-20(17(14)26,19(23)28)9-11-3-5-13(21)6-4-11/h3-8,24H,9-10H2,1-2H3,(H2,23,28). The van der Waals surface area contributed by atoms with Crippen molar-refractivity contribution in [2.45, 2.75) is 6.42 Å². The number of Topliss-reactive ketones (excluding diaryl/α,β-unsaturated/α-hetero) is 1. The Hall–Kier alpha value is -2.93. The van der Waals surface area contributed by atoms with Crippen LogP contribution in [0.25, 0.3) is 0 Å². The van der Waals surface area contributed by atoms with E-state index in [1.54, 1.807) is 24.3 Å². The SMILES string of the molecule is CN(C)C(=O)c1cc(F)c2c(c1)C(=O)C(Cc1ccc(Cl)cc1)(C(N)=O)CN2. The van der Waals surface area contributed by atoms with Crippen LogP contribution in [-0.4, -0.2) is 43.1 Å². The second-order valence-corrected chi connectivity index (χ2v) is 7.45. The molecule has 0 bridgehead atoms. The minimum absolute atomic E-state index is 0.0168. The van der Waals surface area contributed by atoms with E-state index in [9.17, 15) is 18.8 Å². The van der Waals surface area contributed by atoms with E-state index in [0.717, 1.165) is 6.07 Å². The van der Waals surface area contributed by atoms with Crippen LogP contribution in [0.4, 0.5) is 10.1 Å². The number of hydrogen-bond acceptors (Lipinski definition) is 4. The van der Waals surface area contributed by atoms with E-state index in [4.69, 9.17) is 17.3 Å². The van der Waals surface area contributed by atoms with Crippen molar-refractivity contribution in [3.05, 3.63) is 63.9 Å². The van der Waals surface area contributed by atoms with Gasteiger partial charge in [-0.15, -0.1) is 0 Å². The van der Waals surface area contributed by atoms with E-state index in [0.29, 0.717) is 10.6 Å². The van der Waals surface area contributed by atoms with E-state index >= 15 is 0 Å². The highest BCUT2D eigenvalue weighted by Crippen LogP contribution is 2.37. The fourth-order valence-corrected chi connectivity index (χ4v) is 3.43. The zero-order valence-corrected chi connectivity index (χ0v) is 16.1. The number of anilines is 1. The van der Waals surface area contributed by atoms with Gasteiger partial charge in [0.05, 0.1) is 5.69 Å². The number of primary amides is 1. The number of ketones is 1. The van der Waals surface area contributed by atoms with E-state index in [2.05, 4.69) is 5.32 Å². The van der Waals surface area contributed by atoms with Gasteiger partial charge in [-0.25, -0.2) is 4.39 Å². The van der Waals surface area contributed by atoms with Crippen LogP contribution in [0.3, 0.4) is 0 Å². The molecule has 0 spiro atoms. The highest BCUT2D eigenvalue weighted by atomic mass is 35.5. The summed E-state index contributed by atoms with van der Waals surface area (Å²) in [6.07, 6.45) is 0.0260. The third-order valence-electron chi connectivity index (χ3n) is 4.88. The van der Waals surface area contributed by atoms with Gasteiger partial charge in [-0.1, -0.05) is 23.7 Å². The summed E-state index contributed by atoms with van der Waals surface area (Å²) < 4.78 is 14.5. The lowest BCUT2D eigenvalue weighted by Crippen LogP contribution is -2.53. The number of hydrogen-bond donors (Lipinski definition) is 2. The second kappa shape index (κ2) is 7.24. The lowest BCUT2D eigenvalue weighted by atomic mass is 9.72. The number of amides is 2. The van der Waals surface area contributed by atoms with Gasteiger partial charge in [-0.3, -0.25) is 14.4 Å². The predicted octanol–water partition coefficient (Wildman–Crippen LogP) is 2.50. The topological polar surface area (TPSA) is 92.5 Å². The van der Waals surface area contributed by atoms with Crippen LogP contribution in [0, 0.1) is 11.2 Å². The first-order chi connectivity index (χ1) is 13.2. The summed E-state index contributed by atoms with van der Waals surface area (Å²) in [5, 5.41) is 3.33. The largest absolute Gasteiger partial charge is 0.381 e. The van der Waals surface area contributed by atoms with Crippen molar-refractivity contribution in [2.24, 2.45) is 11.1 Å². The van der Waals surface area contributed by atoms with Gasteiger partial charge >= 0.3 is 0 Å². The Bertz CT molecular complexity index is 975. The summed E-state index contributed by atoms with van der Waals surface area (Å²) in [5.74, 6) is -2.63. The van der Waals surface area contributed by atoms with Gasteiger partial charge in [-0.2, -0.15) is 0 Å². The molecule has 0 fully saturated rings. The van der Waals surface area contributed by atoms with Crippen molar-refractivity contribution in [2.75, 3.05) is 26.0 Å². The van der Waals surface area contributed by atoms with Gasteiger partial charge in [0.25, 0.3) is 5.91 Å². The first-order valence-corrected chi connectivity index (χ1v) is 8.92. The quantitative estimate of drug-likeness (QED) is 0.767. The molecule has 1 heterocycles. The number of fused-ring (bicyclic) bond motifs is 1. The summed E-state index contributed by atoms with van der Waals surface area (Å²) in [7, 11) is 3.04. The molecule has 1 aliphatic heterocycles. The van der Waals surface area contributed by atoms with Gasteiger partial charge in [-0.05, 0) is 36.2 Å². The lowest BCUT2D eigenvalue weighted by Gasteiger charge is -2.35. The molecule has 3 rings (SSSR count). The molecular formula is C20H19ClFN3O3. The third-order valence-corrected chi connectivity index (χ3v) is 5.13. The molecule has 1 unspecified atom stereocenters. The summed E-state index contributed by atoms with van der Waals surface area (Å²) in [6, 6.07) is 9.05. The number of carbonyl (C=O) groups is 3. The van der Waals surface area contributed by atoms with Gasteiger partial charge in [0.15, 0.2) is 5.78 Å². The second-order valence-electron chi connectivity index (χ2n) is 7.01. The maximum atomic E-state index is 14.5. The fourth-order valence-electron chi connectivity index (χ4n) is 3.30. The molecule has 0 saturated carbocycles. The van der Waals surface area contributed by atoms with Crippen molar-refractivity contribution in [1.82, 2.24) is 4.90 Å². The molecule has 0 aliphatic carbocycles. The van der Waals surface area contributed by atoms with Gasteiger partial charge in [0.2, 0.25) is 5.91 Å². The monoisotopic (exact) mass is 403 g/mol. The van der Waals surface area contributed by atoms with Crippen LogP contribution in [0.15, 0.2) is 36.4 Å². The van der Waals surface area contributed by atoms with E-state index in [1.807, 2.05) is 0 Å². The molecule has 146 valence electrons. The minimum atomic E-state index is -1.60. The Morgan fingerprint density at radius 2 is 1.89 bits per heavy atom. The Morgan fingerprint density at radius 1 is 1.25 bits per heavy atom. The van der Waals surface area contributed by atoms with Crippen molar-refractivity contribution < 1.29 is 18.8 Å². The number of nitrogens with two attached hydrogens (primary N) is 1. The normalized spacial score (nSPS) is 18.2. The molecule has 3 N–H and O–H groups in total.